The summed E-state index contributed by atoms with van der Waals surface area (Å²) in [6, 6.07) is 13.7. The normalized spacial score (nSPS) is 10.2. The van der Waals surface area contributed by atoms with Crippen LogP contribution in [0.3, 0.4) is 0 Å². The topological polar surface area (TPSA) is 73.7 Å². The third-order valence-corrected chi connectivity index (χ3v) is 4.50. The van der Waals surface area contributed by atoms with Gasteiger partial charge in [-0.2, -0.15) is 0 Å². The van der Waals surface area contributed by atoms with Gasteiger partial charge in [0, 0.05) is 21.3 Å². The maximum absolute atomic E-state index is 12.4. The number of benzene rings is 2. The van der Waals surface area contributed by atoms with Crippen LogP contribution in [-0.4, -0.2) is 11.4 Å². The minimum absolute atomic E-state index is 0. The quantitative estimate of drug-likeness (QED) is 0.619. The molecule has 0 saturated heterocycles. The van der Waals surface area contributed by atoms with E-state index in [1.807, 2.05) is 6.92 Å². The Bertz CT molecular complexity index is 922. The zero-order chi connectivity index (χ0) is 17.3. The molecule has 0 fully saturated rings. The first-order valence-electron chi connectivity index (χ1n) is 7.07. The lowest BCUT2D eigenvalue weighted by atomic mass is 10.2. The molecular formula is C18H14Cl3NO3. The lowest BCUT2D eigenvalue weighted by Crippen LogP contribution is -2.11. The van der Waals surface area contributed by atoms with Crippen LogP contribution in [0.4, 0.5) is 5.69 Å². The van der Waals surface area contributed by atoms with Gasteiger partial charge in [0.1, 0.15) is 5.76 Å². The molecule has 3 N–H and O–H groups in total. The van der Waals surface area contributed by atoms with Crippen molar-refractivity contribution < 1.29 is 14.7 Å². The van der Waals surface area contributed by atoms with Gasteiger partial charge in [-0.05, 0) is 55.0 Å². The number of furan rings is 1. The predicted molar refractivity (Wildman–Crippen MR) is 102 cm³/mol. The van der Waals surface area contributed by atoms with Crippen molar-refractivity contribution in [2.24, 2.45) is 0 Å². The van der Waals surface area contributed by atoms with Crippen molar-refractivity contribution in [3.8, 4) is 11.3 Å². The molecule has 0 spiro atoms. The molecule has 1 amide bonds. The maximum atomic E-state index is 12.4. The fourth-order valence-corrected chi connectivity index (χ4v) is 2.90. The first-order valence-corrected chi connectivity index (χ1v) is 8.21. The summed E-state index contributed by atoms with van der Waals surface area (Å²) < 4.78 is 5.62. The van der Waals surface area contributed by atoms with E-state index in [9.17, 15) is 4.79 Å². The van der Waals surface area contributed by atoms with Crippen molar-refractivity contribution in [1.82, 2.24) is 0 Å². The van der Waals surface area contributed by atoms with Crippen molar-refractivity contribution in [3.05, 3.63) is 74.9 Å². The molecular weight excluding hydrogens is 385 g/mol. The van der Waals surface area contributed by atoms with E-state index in [2.05, 4.69) is 5.32 Å². The monoisotopic (exact) mass is 397 g/mol. The molecule has 3 rings (SSSR count). The molecule has 1 heterocycles. The SMILES string of the molecule is Cc1c(Cl)cccc1NC(=O)c1ccc(-c2ccc(Cl)cc2Cl)o1.O. The summed E-state index contributed by atoms with van der Waals surface area (Å²) in [5.41, 5.74) is 2.09. The molecule has 4 nitrogen and oxygen atoms in total. The van der Waals surface area contributed by atoms with Crippen molar-refractivity contribution in [1.29, 1.82) is 0 Å². The van der Waals surface area contributed by atoms with Gasteiger partial charge in [-0.1, -0.05) is 40.9 Å². The summed E-state index contributed by atoms with van der Waals surface area (Å²) >= 11 is 18.1. The number of hydrogen-bond acceptors (Lipinski definition) is 2. The zero-order valence-electron chi connectivity index (χ0n) is 13.1. The van der Waals surface area contributed by atoms with Crippen LogP contribution < -0.4 is 5.32 Å². The van der Waals surface area contributed by atoms with Gasteiger partial charge in [-0.3, -0.25) is 4.79 Å². The molecule has 0 atom stereocenters. The molecule has 0 bridgehead atoms. The molecule has 0 unspecified atom stereocenters. The van der Waals surface area contributed by atoms with Crippen LogP contribution in [0.5, 0.6) is 0 Å². The van der Waals surface area contributed by atoms with E-state index in [0.717, 1.165) is 5.56 Å². The second-order valence-electron chi connectivity index (χ2n) is 5.15. The summed E-state index contributed by atoms with van der Waals surface area (Å²) in [6.07, 6.45) is 0. The fourth-order valence-electron chi connectivity index (χ4n) is 2.22. The minimum Gasteiger partial charge on any atom is -0.451 e. The van der Waals surface area contributed by atoms with Crippen LogP contribution in [0.2, 0.25) is 15.1 Å². The Morgan fingerprint density at radius 1 is 1.00 bits per heavy atom. The highest BCUT2D eigenvalue weighted by atomic mass is 35.5. The van der Waals surface area contributed by atoms with Gasteiger partial charge in [0.15, 0.2) is 5.76 Å². The Balaban J connectivity index is 0.00000225. The smallest absolute Gasteiger partial charge is 0.291 e. The summed E-state index contributed by atoms with van der Waals surface area (Å²) in [5, 5.41) is 4.35. The van der Waals surface area contributed by atoms with Gasteiger partial charge in [-0.25, -0.2) is 0 Å². The lowest BCUT2D eigenvalue weighted by Gasteiger charge is -2.08. The van der Waals surface area contributed by atoms with Crippen molar-refractivity contribution in [2.45, 2.75) is 6.92 Å². The maximum Gasteiger partial charge on any atom is 0.291 e. The lowest BCUT2D eigenvalue weighted by molar-refractivity contribution is 0.0997. The van der Waals surface area contributed by atoms with Gasteiger partial charge in [0.25, 0.3) is 5.91 Å². The van der Waals surface area contributed by atoms with Gasteiger partial charge in [-0.15, -0.1) is 0 Å². The highest BCUT2D eigenvalue weighted by Gasteiger charge is 2.15. The van der Waals surface area contributed by atoms with Gasteiger partial charge >= 0.3 is 0 Å². The van der Waals surface area contributed by atoms with Gasteiger partial charge in [0.2, 0.25) is 0 Å². The van der Waals surface area contributed by atoms with Crippen LogP contribution in [0.15, 0.2) is 52.9 Å². The van der Waals surface area contributed by atoms with Crippen molar-refractivity contribution in [3.63, 3.8) is 0 Å². The number of hydrogen-bond donors (Lipinski definition) is 1. The minimum atomic E-state index is -0.364. The molecule has 7 heteroatoms. The predicted octanol–water partition coefficient (Wildman–Crippen LogP) is 5.64. The van der Waals surface area contributed by atoms with Crippen molar-refractivity contribution >= 4 is 46.4 Å². The molecule has 0 aliphatic heterocycles. The van der Waals surface area contributed by atoms with Gasteiger partial charge in [0.05, 0.1) is 5.02 Å². The number of carbonyl (C=O) groups is 1. The summed E-state index contributed by atoms with van der Waals surface area (Å²) in [4.78, 5) is 12.4. The van der Waals surface area contributed by atoms with E-state index in [1.165, 1.54) is 0 Å². The molecule has 130 valence electrons. The molecule has 0 aliphatic carbocycles. The highest BCUT2D eigenvalue weighted by Crippen LogP contribution is 2.32. The van der Waals surface area contributed by atoms with E-state index in [4.69, 9.17) is 39.2 Å². The molecule has 25 heavy (non-hydrogen) atoms. The summed E-state index contributed by atoms with van der Waals surface area (Å²) in [6.45, 7) is 1.83. The Labute approximate surface area is 159 Å². The Morgan fingerprint density at radius 2 is 1.76 bits per heavy atom. The number of anilines is 1. The van der Waals surface area contributed by atoms with E-state index < -0.39 is 0 Å². The van der Waals surface area contributed by atoms with Crippen LogP contribution in [0.1, 0.15) is 16.1 Å². The molecule has 1 aromatic heterocycles. The van der Waals surface area contributed by atoms with Crippen LogP contribution in [0.25, 0.3) is 11.3 Å². The number of amides is 1. The molecule has 2 aromatic carbocycles. The number of halogens is 3. The van der Waals surface area contributed by atoms with Crippen LogP contribution >= 0.6 is 34.8 Å². The first kappa shape index (κ1) is 19.3. The standard InChI is InChI=1S/C18H12Cl3NO2.H2O/c1-10-13(20)3-2-4-15(10)22-18(23)17-8-7-16(24-17)12-6-5-11(19)9-14(12)21;/h2-9H,1H3,(H,22,23);1H2. The Hall–Kier alpha value is -1.98. The zero-order valence-corrected chi connectivity index (χ0v) is 15.3. The Morgan fingerprint density at radius 3 is 2.48 bits per heavy atom. The van der Waals surface area contributed by atoms with Crippen molar-refractivity contribution in [2.75, 3.05) is 5.32 Å². The fraction of sp³-hybridized carbons (Fsp3) is 0.0556. The third-order valence-electron chi connectivity index (χ3n) is 3.54. The van der Waals surface area contributed by atoms with E-state index >= 15 is 0 Å². The van der Waals surface area contributed by atoms with Crippen LogP contribution in [0, 0.1) is 6.92 Å². The molecule has 3 aromatic rings. The molecule has 0 radical (unpaired) electrons. The molecule has 0 saturated carbocycles. The second kappa shape index (κ2) is 7.93. The Kier molecular flexibility index (Phi) is 6.14. The average Bonchev–Trinajstić information content (AvgIpc) is 3.01. The number of carbonyl (C=O) groups excluding carboxylic acids is 1. The van der Waals surface area contributed by atoms with E-state index in [0.29, 0.717) is 32.1 Å². The van der Waals surface area contributed by atoms with Crippen LogP contribution in [-0.2, 0) is 0 Å². The largest absolute Gasteiger partial charge is 0.451 e. The summed E-state index contributed by atoms with van der Waals surface area (Å²) in [7, 11) is 0. The highest BCUT2D eigenvalue weighted by molar-refractivity contribution is 6.36. The van der Waals surface area contributed by atoms with Gasteiger partial charge < -0.3 is 15.2 Å². The number of rotatable bonds is 3. The second-order valence-corrected chi connectivity index (χ2v) is 6.41. The van der Waals surface area contributed by atoms with E-state index in [-0.39, 0.29) is 17.1 Å². The molecule has 0 aliphatic rings. The first-order chi connectivity index (χ1) is 11.5. The number of nitrogens with one attached hydrogen (secondary N) is 1. The third kappa shape index (κ3) is 4.17. The average molecular weight is 399 g/mol. The van der Waals surface area contributed by atoms with E-state index in [1.54, 1.807) is 48.5 Å². The summed E-state index contributed by atoms with van der Waals surface area (Å²) in [5.74, 6) is 0.303.